The summed E-state index contributed by atoms with van der Waals surface area (Å²) in [5.74, 6) is 0. The molecule has 1 aliphatic rings. The minimum atomic E-state index is -4.94. The fourth-order valence-electron chi connectivity index (χ4n) is 1.02. The van der Waals surface area contributed by atoms with Crippen molar-refractivity contribution in [2.45, 2.75) is 6.61 Å². The van der Waals surface area contributed by atoms with Crippen molar-refractivity contribution in [3.8, 4) is 0 Å². The van der Waals surface area contributed by atoms with Gasteiger partial charge in [0.15, 0.2) is 0 Å². The molecule has 0 amide bonds. The number of fused-ring (bicyclic) bond motifs is 1. The van der Waals surface area contributed by atoms with Crippen molar-refractivity contribution in [3.63, 3.8) is 0 Å². The van der Waals surface area contributed by atoms with E-state index in [4.69, 9.17) is 23.4 Å². The van der Waals surface area contributed by atoms with Gasteiger partial charge in [0.2, 0.25) is 5.69 Å². The Balaban J connectivity index is 0.000000195. The molecule has 0 unspecified atom stereocenters. The number of nitrogens with one attached hydrogen (secondary N) is 1. The summed E-state index contributed by atoms with van der Waals surface area (Å²) >= 11 is 0. The summed E-state index contributed by atoms with van der Waals surface area (Å²) < 4.78 is 39.0. The lowest BCUT2D eigenvalue weighted by Crippen LogP contribution is -2.68. The van der Waals surface area contributed by atoms with Crippen molar-refractivity contribution in [2.75, 3.05) is 0 Å². The zero-order chi connectivity index (χ0) is 11.3. The predicted octanol–water partition coefficient (Wildman–Crippen LogP) is -4.80. The number of benzene rings is 1. The van der Waals surface area contributed by atoms with E-state index >= 15 is 0 Å². The largest absolute Gasteiger partial charge is 0.445 e. The van der Waals surface area contributed by atoms with Crippen LogP contribution in [0.5, 0.6) is 0 Å². The number of para-hydroxylation sites is 1. The molecule has 15 heavy (non-hydrogen) atoms. The Kier molecular flexibility index (Phi) is 4.01. The van der Waals surface area contributed by atoms with Gasteiger partial charge in [0.1, 0.15) is 6.61 Å². The van der Waals surface area contributed by atoms with Crippen LogP contribution in [0.3, 0.4) is 0 Å². The van der Waals surface area contributed by atoms with E-state index in [-0.39, 0.29) is 0 Å². The molecule has 6 nitrogen and oxygen atoms in total. The van der Waals surface area contributed by atoms with Gasteiger partial charge in [-0.25, -0.2) is 18.6 Å². The normalized spacial score (nSPS) is 13.3. The van der Waals surface area contributed by atoms with Crippen LogP contribution in [0.4, 0.5) is 5.69 Å². The zero-order valence-electron chi connectivity index (χ0n) is 7.51. The fraction of sp³-hybridized carbons (Fsp3) is 0.125. The number of ether oxygens (including phenoxy) is 1. The zero-order valence-corrected chi connectivity index (χ0v) is 8.27. The van der Waals surface area contributed by atoms with Gasteiger partial charge in [-0.15, -0.1) is 10.2 Å². The third-order valence-corrected chi connectivity index (χ3v) is 1.55. The number of halogens is 1. The molecule has 0 atom stereocenters. The van der Waals surface area contributed by atoms with Gasteiger partial charge < -0.3 is 4.74 Å². The quantitative estimate of drug-likeness (QED) is 0.483. The van der Waals surface area contributed by atoms with Gasteiger partial charge in [0, 0.05) is 6.07 Å². The monoisotopic (exact) mass is 233 g/mol. The van der Waals surface area contributed by atoms with Gasteiger partial charge in [-0.1, -0.05) is 12.1 Å². The van der Waals surface area contributed by atoms with E-state index in [9.17, 15) is 0 Å². The van der Waals surface area contributed by atoms with Crippen molar-refractivity contribution < 1.29 is 38.6 Å². The van der Waals surface area contributed by atoms with Crippen LogP contribution >= 0.6 is 0 Å². The molecule has 0 fully saturated rings. The second-order valence-electron chi connectivity index (χ2n) is 2.61. The summed E-state index contributed by atoms with van der Waals surface area (Å²) in [5, 5.41) is 0. The molecule has 0 spiro atoms. The van der Waals surface area contributed by atoms with Crippen LogP contribution in [0, 0.1) is 10.2 Å². The molecular formula is C8H8ClNO5. The highest BCUT2D eigenvalue weighted by molar-refractivity contribution is 5.48. The van der Waals surface area contributed by atoms with Crippen LogP contribution in [-0.2, 0) is 11.3 Å². The van der Waals surface area contributed by atoms with Crippen molar-refractivity contribution >= 4 is 12.1 Å². The molecule has 0 saturated heterocycles. The minimum Gasteiger partial charge on any atom is -0.445 e. The van der Waals surface area contributed by atoms with E-state index in [2.05, 4.69) is 11.1 Å². The number of hydrogen-bond donors (Lipinski definition) is 1. The van der Waals surface area contributed by atoms with E-state index in [1.807, 2.05) is 18.2 Å². The number of rotatable bonds is 0. The fourth-order valence-corrected chi connectivity index (χ4v) is 1.02. The van der Waals surface area contributed by atoms with Crippen LogP contribution in [0.25, 0.3) is 0 Å². The first-order chi connectivity index (χ1) is 6.97. The molecule has 1 aromatic carbocycles. The standard InChI is InChI=1S/C8H7NO.ClHO4/c1-2-4-8-7(3-1)5-10-6-9-8;2-1(3,4)5/h1-4,6H,5H2;(H,2,3,4,5). The molecule has 1 aliphatic heterocycles. The second kappa shape index (κ2) is 5.06. The first kappa shape index (κ1) is 11.9. The summed E-state index contributed by atoms with van der Waals surface area (Å²) in [5.41, 5.74) is 2.36. The highest BCUT2D eigenvalue weighted by atomic mass is 35.7. The van der Waals surface area contributed by atoms with Crippen LogP contribution in [0.2, 0.25) is 0 Å². The maximum Gasteiger partial charge on any atom is 0.328 e. The summed E-state index contributed by atoms with van der Waals surface area (Å²) in [4.78, 5) is 3.02. The van der Waals surface area contributed by atoms with E-state index < -0.39 is 10.2 Å². The average molecular weight is 234 g/mol. The Labute approximate surface area is 87.8 Å². The second-order valence-corrected chi connectivity index (χ2v) is 3.36. The van der Waals surface area contributed by atoms with Crippen LogP contribution in [0.15, 0.2) is 24.3 Å². The van der Waals surface area contributed by atoms with E-state index in [1.165, 1.54) is 5.56 Å². The van der Waals surface area contributed by atoms with Crippen molar-refractivity contribution in [2.24, 2.45) is 0 Å². The van der Waals surface area contributed by atoms with Crippen molar-refractivity contribution in [3.05, 3.63) is 29.8 Å². The van der Waals surface area contributed by atoms with Gasteiger partial charge in [0.05, 0.1) is 5.56 Å². The molecule has 1 N–H and O–H groups in total. The lowest BCUT2D eigenvalue weighted by Gasteiger charge is -2.17. The Bertz CT molecular complexity index is 343. The highest BCUT2D eigenvalue weighted by Crippen LogP contribution is 2.10. The van der Waals surface area contributed by atoms with Crippen molar-refractivity contribution in [1.29, 1.82) is 0 Å². The molecule has 0 saturated carbocycles. The smallest absolute Gasteiger partial charge is 0.328 e. The van der Waals surface area contributed by atoms with Crippen LogP contribution < -0.4 is 23.6 Å². The Morgan fingerprint density at radius 1 is 1.13 bits per heavy atom. The lowest BCUT2D eigenvalue weighted by molar-refractivity contribution is -2.00. The third-order valence-electron chi connectivity index (χ3n) is 1.55. The molecule has 0 bridgehead atoms. The first-order valence-corrected chi connectivity index (χ1v) is 5.10. The predicted molar refractivity (Wildman–Crippen MR) is 37.9 cm³/mol. The molecule has 1 heterocycles. The number of hydrogen-bond acceptors (Lipinski definition) is 5. The van der Waals surface area contributed by atoms with E-state index in [0.717, 1.165) is 5.69 Å². The molecule has 0 aromatic heterocycles. The molecule has 82 valence electrons. The molecule has 1 aromatic rings. The Morgan fingerprint density at radius 2 is 1.73 bits per heavy atom. The molecular weight excluding hydrogens is 226 g/mol. The van der Waals surface area contributed by atoms with Crippen LogP contribution in [0.1, 0.15) is 5.56 Å². The van der Waals surface area contributed by atoms with E-state index in [1.54, 1.807) is 6.40 Å². The van der Waals surface area contributed by atoms with Gasteiger partial charge in [0.25, 0.3) is 0 Å². The molecule has 0 aliphatic carbocycles. The van der Waals surface area contributed by atoms with Gasteiger partial charge >= 0.3 is 6.40 Å². The van der Waals surface area contributed by atoms with Gasteiger partial charge in [-0.05, 0) is 6.07 Å². The van der Waals surface area contributed by atoms with Crippen molar-refractivity contribution in [1.82, 2.24) is 0 Å². The maximum atomic E-state index is 8.49. The highest BCUT2D eigenvalue weighted by Gasteiger charge is 2.08. The van der Waals surface area contributed by atoms with Crippen LogP contribution in [-0.4, -0.2) is 6.40 Å². The summed E-state index contributed by atoms with van der Waals surface area (Å²) in [6, 6.07) is 8.10. The summed E-state index contributed by atoms with van der Waals surface area (Å²) in [6.07, 6.45) is 1.61. The molecule has 0 radical (unpaired) electrons. The SMILES string of the molecule is C1=[NH+]c2ccccc2CO1.[O-][Cl+3]([O-])([O-])[O-]. The lowest BCUT2D eigenvalue weighted by atomic mass is 10.2. The average Bonchev–Trinajstić information content (AvgIpc) is 2.16. The summed E-state index contributed by atoms with van der Waals surface area (Å²) in [7, 11) is -4.94. The summed E-state index contributed by atoms with van der Waals surface area (Å²) in [6.45, 7) is 0.684. The molecule has 2 rings (SSSR count). The van der Waals surface area contributed by atoms with Gasteiger partial charge in [-0.2, -0.15) is 4.99 Å². The Morgan fingerprint density at radius 3 is 2.33 bits per heavy atom. The van der Waals surface area contributed by atoms with E-state index in [0.29, 0.717) is 6.61 Å². The topological polar surface area (TPSA) is 115 Å². The minimum absolute atomic E-state index is 0.684. The third kappa shape index (κ3) is 5.31. The Hall–Kier alpha value is -1.18. The maximum absolute atomic E-state index is 8.49. The van der Waals surface area contributed by atoms with Gasteiger partial charge in [-0.3, -0.25) is 0 Å². The first-order valence-electron chi connectivity index (χ1n) is 3.86. The molecule has 7 heteroatoms.